The molecule has 0 spiro atoms. The summed E-state index contributed by atoms with van der Waals surface area (Å²) in [6.45, 7) is 4.86. The van der Waals surface area contributed by atoms with Gasteiger partial charge in [0.15, 0.2) is 0 Å². The fraction of sp³-hybridized carbons (Fsp3) is 0.254. The highest BCUT2D eigenvalue weighted by Crippen LogP contribution is 2.54. The first kappa shape index (κ1) is 36.7. The Bertz CT molecular complexity index is 2900. The molecule has 7 aliphatic carbocycles. The largest absolute Gasteiger partial charge is 0.313 e. The van der Waals surface area contributed by atoms with Crippen LogP contribution in [0.4, 0.5) is 5.69 Å². The molecule has 0 amide bonds. The molecule has 2 nitrogen and oxygen atoms in total. The predicted octanol–water partition coefficient (Wildman–Crippen LogP) is 15.2. The van der Waals surface area contributed by atoms with E-state index in [1.165, 1.54) is 97.3 Å². The number of benzene rings is 4. The van der Waals surface area contributed by atoms with Crippen LogP contribution in [-0.2, 0) is 5.41 Å². The summed E-state index contributed by atoms with van der Waals surface area (Å²) in [6, 6.07) is 36.6. The van der Waals surface area contributed by atoms with Crippen molar-refractivity contribution in [3.8, 4) is 0 Å². The van der Waals surface area contributed by atoms with Crippen molar-refractivity contribution < 1.29 is 0 Å². The summed E-state index contributed by atoms with van der Waals surface area (Å²) in [6.07, 6.45) is 38.5. The maximum Gasteiger partial charge on any atom is 0.0537 e. The molecule has 300 valence electrons. The van der Waals surface area contributed by atoms with Crippen LogP contribution in [0.25, 0.3) is 33.1 Å². The van der Waals surface area contributed by atoms with Gasteiger partial charge < -0.3 is 9.47 Å². The second kappa shape index (κ2) is 14.5. The highest BCUT2D eigenvalue weighted by atomic mass is 15.2. The Hall–Kier alpha value is -6.12. The van der Waals surface area contributed by atoms with Crippen LogP contribution in [0.5, 0.6) is 0 Å². The zero-order valence-corrected chi connectivity index (χ0v) is 35.5. The van der Waals surface area contributed by atoms with Crippen LogP contribution in [0, 0.1) is 17.8 Å². The molecule has 0 fully saturated rings. The minimum Gasteiger partial charge on any atom is -0.313 e. The summed E-state index contributed by atoms with van der Waals surface area (Å²) in [5, 5.41) is 2.66. The Morgan fingerprint density at radius 1 is 0.656 bits per heavy atom. The van der Waals surface area contributed by atoms with Gasteiger partial charge in [0, 0.05) is 62.6 Å². The lowest BCUT2D eigenvalue weighted by molar-refractivity contribution is 0.578. The number of anilines is 1. The molecule has 0 radical (unpaired) electrons. The van der Waals surface area contributed by atoms with Crippen molar-refractivity contribution >= 4 is 38.8 Å². The summed E-state index contributed by atoms with van der Waals surface area (Å²) in [7, 11) is 0. The van der Waals surface area contributed by atoms with E-state index in [9.17, 15) is 0 Å². The monoisotopic (exact) mass is 790 g/mol. The van der Waals surface area contributed by atoms with Crippen LogP contribution in [0.3, 0.4) is 0 Å². The molecule has 12 rings (SSSR count). The molecular formula is C59H54N2. The van der Waals surface area contributed by atoms with Crippen molar-refractivity contribution in [1.82, 2.24) is 4.57 Å². The van der Waals surface area contributed by atoms with Gasteiger partial charge in [-0.15, -0.1) is 0 Å². The lowest BCUT2D eigenvalue weighted by Gasteiger charge is -2.37. The average molecular weight is 791 g/mol. The van der Waals surface area contributed by atoms with E-state index in [1.807, 2.05) is 0 Å². The van der Waals surface area contributed by atoms with Crippen molar-refractivity contribution in [3.63, 3.8) is 0 Å². The van der Waals surface area contributed by atoms with Crippen LogP contribution < -0.4 is 4.90 Å². The number of nitrogens with zero attached hydrogens (tertiary/aromatic N) is 2. The summed E-state index contributed by atoms with van der Waals surface area (Å²) in [5.41, 5.74) is 19.8. The van der Waals surface area contributed by atoms with Gasteiger partial charge in [-0.2, -0.15) is 0 Å². The Morgan fingerprint density at radius 3 is 2.23 bits per heavy atom. The molecule has 7 aliphatic rings. The molecule has 1 aromatic heterocycles. The molecule has 4 unspecified atom stereocenters. The Balaban J connectivity index is 0.889. The van der Waals surface area contributed by atoms with Gasteiger partial charge in [0.1, 0.15) is 0 Å². The first-order valence-electron chi connectivity index (χ1n) is 23.0. The number of fused-ring (bicyclic) bond motifs is 9. The van der Waals surface area contributed by atoms with Crippen LogP contribution in [0.1, 0.15) is 87.8 Å². The SMILES string of the molecule is CC1(C)C2=CC(N(C3=CCC(C4=CCCC(n5c6ccccc6c6ccccc65)=C4)C=C3)c3ccc(C4=CC5CC=CC=C5C5=CCCCC54)cc3)=CCC2c2ccccc21. The quantitative estimate of drug-likeness (QED) is 0.166. The van der Waals surface area contributed by atoms with Crippen molar-refractivity contribution in [2.45, 2.75) is 76.5 Å². The number of hydrogen-bond acceptors (Lipinski definition) is 1. The van der Waals surface area contributed by atoms with Gasteiger partial charge in [0.25, 0.3) is 0 Å². The topological polar surface area (TPSA) is 8.17 Å². The average Bonchev–Trinajstić information content (AvgIpc) is 3.77. The molecule has 4 atom stereocenters. The summed E-state index contributed by atoms with van der Waals surface area (Å²) >= 11 is 0. The molecule has 5 aromatic rings. The first-order valence-corrected chi connectivity index (χ1v) is 23.0. The van der Waals surface area contributed by atoms with E-state index in [0.29, 0.717) is 23.7 Å². The maximum absolute atomic E-state index is 2.61. The molecule has 0 aliphatic heterocycles. The molecule has 0 N–H and O–H groups in total. The van der Waals surface area contributed by atoms with E-state index in [-0.39, 0.29) is 5.41 Å². The molecule has 61 heavy (non-hydrogen) atoms. The molecular weight excluding hydrogens is 737 g/mol. The van der Waals surface area contributed by atoms with E-state index in [2.05, 4.69) is 193 Å². The number of allylic oxidation sites excluding steroid dienone is 18. The lowest BCUT2D eigenvalue weighted by Crippen LogP contribution is -2.26. The zero-order valence-electron chi connectivity index (χ0n) is 35.5. The van der Waals surface area contributed by atoms with E-state index in [0.717, 1.165) is 32.1 Å². The van der Waals surface area contributed by atoms with Gasteiger partial charge in [-0.05, 0) is 133 Å². The molecule has 2 heteroatoms. The lowest BCUT2D eigenvalue weighted by atomic mass is 9.67. The van der Waals surface area contributed by atoms with Gasteiger partial charge >= 0.3 is 0 Å². The summed E-state index contributed by atoms with van der Waals surface area (Å²) in [4.78, 5) is 2.56. The molecule has 0 bridgehead atoms. The molecule has 1 heterocycles. The third-order valence-corrected chi connectivity index (χ3v) is 15.2. The smallest absolute Gasteiger partial charge is 0.0537 e. The van der Waals surface area contributed by atoms with Gasteiger partial charge in [-0.1, -0.05) is 147 Å². The van der Waals surface area contributed by atoms with Crippen molar-refractivity contribution in [2.75, 3.05) is 4.90 Å². The summed E-state index contributed by atoms with van der Waals surface area (Å²) < 4.78 is 2.52. The Kier molecular flexibility index (Phi) is 8.74. The van der Waals surface area contributed by atoms with Crippen molar-refractivity contribution in [2.24, 2.45) is 17.8 Å². The highest BCUT2D eigenvalue weighted by Gasteiger charge is 2.42. The van der Waals surface area contributed by atoms with Gasteiger partial charge in [0.05, 0.1) is 11.0 Å². The van der Waals surface area contributed by atoms with E-state index >= 15 is 0 Å². The number of hydrogen-bond donors (Lipinski definition) is 0. The normalized spacial score (nSPS) is 24.8. The second-order valence-electron chi connectivity index (χ2n) is 18.8. The maximum atomic E-state index is 2.61. The summed E-state index contributed by atoms with van der Waals surface area (Å²) in [5.74, 6) is 1.77. The van der Waals surface area contributed by atoms with Gasteiger partial charge in [-0.3, -0.25) is 0 Å². The number of aromatic nitrogens is 1. The standard InChI is InChI=1S/C59H54N2/c1-59(2)55-23-10-7-20-50(55)51-35-34-46(38-56(51)59)60(44-32-28-40(29-33-44)54-37-42-14-3-4-17-47(42)48-18-5-6-19-49(48)54)43-30-26-39(27-31-43)41-15-13-16-45(36-41)61-57-24-11-8-21-52(57)53-22-9-12-25-58(53)61/h3-4,7-12,15,17-18,20-26,28-34,36-39,42,49,51H,5-6,13-14,16,19,27,35H2,1-2H3. The predicted molar refractivity (Wildman–Crippen MR) is 257 cm³/mol. The number of para-hydroxylation sites is 2. The van der Waals surface area contributed by atoms with Gasteiger partial charge in [0.2, 0.25) is 0 Å². The fourth-order valence-corrected chi connectivity index (χ4v) is 12.2. The molecule has 0 saturated carbocycles. The van der Waals surface area contributed by atoms with Crippen LogP contribution >= 0.6 is 0 Å². The highest BCUT2D eigenvalue weighted by molar-refractivity contribution is 6.10. The molecule has 4 aromatic carbocycles. The van der Waals surface area contributed by atoms with Crippen molar-refractivity contribution in [1.29, 1.82) is 0 Å². The van der Waals surface area contributed by atoms with E-state index in [1.54, 1.807) is 11.1 Å². The Morgan fingerprint density at radius 2 is 1.43 bits per heavy atom. The molecule has 0 saturated heterocycles. The van der Waals surface area contributed by atoms with Crippen LogP contribution in [0.15, 0.2) is 204 Å². The van der Waals surface area contributed by atoms with Crippen LogP contribution in [-0.4, -0.2) is 4.57 Å². The van der Waals surface area contributed by atoms with Crippen molar-refractivity contribution in [3.05, 3.63) is 220 Å². The Labute approximate surface area is 361 Å². The third kappa shape index (κ3) is 5.97. The van der Waals surface area contributed by atoms with E-state index in [4.69, 9.17) is 0 Å². The third-order valence-electron chi connectivity index (χ3n) is 15.2. The fourth-order valence-electron chi connectivity index (χ4n) is 12.2. The van der Waals surface area contributed by atoms with Gasteiger partial charge in [-0.25, -0.2) is 0 Å². The van der Waals surface area contributed by atoms with E-state index < -0.39 is 0 Å². The minimum atomic E-state index is -0.00761. The number of rotatable bonds is 6. The zero-order chi connectivity index (χ0) is 40.7. The second-order valence-corrected chi connectivity index (χ2v) is 18.8. The van der Waals surface area contributed by atoms with Crippen LogP contribution in [0.2, 0.25) is 0 Å². The first-order chi connectivity index (χ1) is 30.0. The minimum absolute atomic E-state index is 0.00761.